The Labute approximate surface area is 138 Å². The topological polar surface area (TPSA) is 63.6 Å². The molecule has 0 fully saturated rings. The number of ether oxygens (including phenoxy) is 1. The zero-order valence-corrected chi connectivity index (χ0v) is 13.8. The lowest BCUT2D eigenvalue weighted by molar-refractivity contribution is 0.0696. The first-order valence-electron chi connectivity index (χ1n) is 5.90. The molecule has 0 atom stereocenters. The van der Waals surface area contributed by atoms with E-state index in [4.69, 9.17) is 9.84 Å². The van der Waals surface area contributed by atoms with Gasteiger partial charge in [-0.15, -0.1) is 0 Å². The van der Waals surface area contributed by atoms with Crippen LogP contribution < -0.4 is 4.74 Å². The van der Waals surface area contributed by atoms with E-state index >= 15 is 0 Å². The van der Waals surface area contributed by atoms with Crippen molar-refractivity contribution >= 4 is 44.1 Å². The minimum absolute atomic E-state index is 0.220. The average molecular weight is 414 g/mol. The number of carbonyl (C=O) groups is 2. The third kappa shape index (κ3) is 3.92. The second-order valence-electron chi connectivity index (χ2n) is 4.21. The van der Waals surface area contributed by atoms with Crippen molar-refractivity contribution in [3.63, 3.8) is 0 Å². The molecule has 0 amide bonds. The Morgan fingerprint density at radius 1 is 1.19 bits per heavy atom. The Morgan fingerprint density at radius 2 is 1.86 bits per heavy atom. The summed E-state index contributed by atoms with van der Waals surface area (Å²) in [6.45, 7) is 0.237. The number of carboxylic acids is 1. The Kier molecular flexibility index (Phi) is 5.14. The van der Waals surface area contributed by atoms with Gasteiger partial charge in [-0.1, -0.05) is 28.1 Å². The van der Waals surface area contributed by atoms with E-state index in [1.54, 1.807) is 24.3 Å². The monoisotopic (exact) mass is 412 g/mol. The second-order valence-corrected chi connectivity index (χ2v) is 5.98. The van der Waals surface area contributed by atoms with Crippen LogP contribution in [-0.2, 0) is 6.61 Å². The first-order valence-corrected chi connectivity index (χ1v) is 7.49. The maximum Gasteiger partial charge on any atom is 0.335 e. The van der Waals surface area contributed by atoms with Gasteiger partial charge >= 0.3 is 5.97 Å². The predicted molar refractivity (Wildman–Crippen MR) is 85.0 cm³/mol. The molecule has 0 aliphatic heterocycles. The maximum absolute atomic E-state index is 11.1. The zero-order valence-electron chi connectivity index (χ0n) is 10.7. The minimum atomic E-state index is -0.971. The van der Waals surface area contributed by atoms with E-state index in [1.807, 2.05) is 0 Å². The van der Waals surface area contributed by atoms with Gasteiger partial charge in [0.15, 0.2) is 6.29 Å². The van der Waals surface area contributed by atoms with Gasteiger partial charge in [0.25, 0.3) is 0 Å². The number of halogens is 2. The smallest absolute Gasteiger partial charge is 0.335 e. The molecule has 0 aliphatic carbocycles. The van der Waals surface area contributed by atoms with Crippen LogP contribution in [0.2, 0.25) is 0 Å². The number of hydrogen-bond acceptors (Lipinski definition) is 3. The molecule has 0 radical (unpaired) electrons. The van der Waals surface area contributed by atoms with Gasteiger partial charge in [-0.3, -0.25) is 4.79 Å². The Hall–Kier alpha value is -1.66. The summed E-state index contributed by atoms with van der Waals surface area (Å²) < 4.78 is 7.09. The minimum Gasteiger partial charge on any atom is -0.487 e. The van der Waals surface area contributed by atoms with E-state index in [-0.39, 0.29) is 12.2 Å². The van der Waals surface area contributed by atoms with Gasteiger partial charge in [0, 0.05) is 4.47 Å². The molecule has 21 heavy (non-hydrogen) atoms. The quantitative estimate of drug-likeness (QED) is 0.742. The molecule has 0 saturated heterocycles. The van der Waals surface area contributed by atoms with Gasteiger partial charge in [0.05, 0.1) is 15.6 Å². The highest BCUT2D eigenvalue weighted by atomic mass is 79.9. The van der Waals surface area contributed by atoms with Crippen LogP contribution in [0.3, 0.4) is 0 Å². The van der Waals surface area contributed by atoms with Crippen LogP contribution in [0.15, 0.2) is 45.3 Å². The maximum atomic E-state index is 11.1. The molecule has 1 N–H and O–H groups in total. The fraction of sp³-hybridized carbons (Fsp3) is 0.0667. The third-order valence-corrected chi connectivity index (χ3v) is 3.80. The molecule has 0 bridgehead atoms. The molecule has 0 unspecified atom stereocenters. The summed E-state index contributed by atoms with van der Waals surface area (Å²) in [5.74, 6) is -0.517. The molecule has 2 aromatic carbocycles. The van der Waals surface area contributed by atoms with Crippen molar-refractivity contribution < 1.29 is 19.4 Å². The van der Waals surface area contributed by atoms with Crippen LogP contribution in [0.4, 0.5) is 0 Å². The molecule has 0 aromatic heterocycles. The van der Waals surface area contributed by atoms with E-state index in [9.17, 15) is 9.59 Å². The molecule has 0 aliphatic rings. The van der Waals surface area contributed by atoms with Crippen molar-refractivity contribution in [3.05, 3.63) is 62.0 Å². The van der Waals surface area contributed by atoms with Gasteiger partial charge in [-0.05, 0) is 45.8 Å². The third-order valence-electron chi connectivity index (χ3n) is 2.75. The number of hydrogen-bond donors (Lipinski definition) is 1. The van der Waals surface area contributed by atoms with Crippen LogP contribution in [0.25, 0.3) is 0 Å². The molecule has 0 heterocycles. The fourth-order valence-electron chi connectivity index (χ4n) is 1.72. The van der Waals surface area contributed by atoms with E-state index in [0.717, 1.165) is 16.3 Å². The summed E-state index contributed by atoms with van der Waals surface area (Å²) >= 11 is 6.66. The number of carbonyl (C=O) groups excluding carboxylic acids is 1. The van der Waals surface area contributed by atoms with Crippen LogP contribution in [0.5, 0.6) is 5.75 Å². The Bertz CT molecular complexity index is 681. The van der Waals surface area contributed by atoms with Crippen LogP contribution in [0, 0.1) is 0 Å². The Morgan fingerprint density at radius 3 is 2.43 bits per heavy atom. The summed E-state index contributed by atoms with van der Waals surface area (Å²) in [5.41, 5.74) is 1.46. The molecular weight excluding hydrogens is 404 g/mol. The molecular formula is C15H10Br2O4. The molecule has 6 heteroatoms. The van der Waals surface area contributed by atoms with Crippen LogP contribution in [0.1, 0.15) is 26.3 Å². The number of carboxylic acid groups (broad SMARTS) is 1. The van der Waals surface area contributed by atoms with Gasteiger partial charge < -0.3 is 9.84 Å². The van der Waals surface area contributed by atoms with Gasteiger partial charge in [0.1, 0.15) is 12.4 Å². The molecule has 2 aromatic rings. The van der Waals surface area contributed by atoms with Crippen molar-refractivity contribution in [2.45, 2.75) is 6.61 Å². The van der Waals surface area contributed by atoms with Gasteiger partial charge in [0.2, 0.25) is 0 Å². The Balaban J connectivity index is 2.16. The summed E-state index contributed by atoms with van der Waals surface area (Å²) in [6, 6.07) is 9.83. The van der Waals surface area contributed by atoms with Crippen molar-refractivity contribution in [1.82, 2.24) is 0 Å². The fourth-order valence-corrected chi connectivity index (χ4v) is 3.09. The molecule has 108 valence electrons. The SMILES string of the molecule is O=Cc1cc(Br)cc(Br)c1OCc1ccc(C(=O)O)cc1. The van der Waals surface area contributed by atoms with E-state index in [2.05, 4.69) is 31.9 Å². The summed E-state index contributed by atoms with van der Waals surface area (Å²) in [6.07, 6.45) is 0.721. The normalized spacial score (nSPS) is 10.2. The van der Waals surface area contributed by atoms with Crippen molar-refractivity contribution in [3.8, 4) is 5.75 Å². The lowest BCUT2D eigenvalue weighted by atomic mass is 10.1. The predicted octanol–water partition coefficient (Wildman–Crippen LogP) is 4.30. The summed E-state index contributed by atoms with van der Waals surface area (Å²) in [4.78, 5) is 21.8. The lowest BCUT2D eigenvalue weighted by Gasteiger charge is -2.11. The number of benzene rings is 2. The summed E-state index contributed by atoms with van der Waals surface area (Å²) in [5, 5.41) is 8.83. The average Bonchev–Trinajstić information content (AvgIpc) is 2.46. The highest BCUT2D eigenvalue weighted by Gasteiger charge is 2.10. The van der Waals surface area contributed by atoms with E-state index in [0.29, 0.717) is 15.8 Å². The zero-order chi connectivity index (χ0) is 15.4. The largest absolute Gasteiger partial charge is 0.487 e. The number of aldehydes is 1. The van der Waals surface area contributed by atoms with E-state index in [1.165, 1.54) is 12.1 Å². The summed E-state index contributed by atoms with van der Waals surface area (Å²) in [7, 11) is 0. The van der Waals surface area contributed by atoms with Gasteiger partial charge in [-0.25, -0.2) is 4.79 Å². The highest BCUT2D eigenvalue weighted by molar-refractivity contribution is 9.11. The van der Waals surface area contributed by atoms with Gasteiger partial charge in [-0.2, -0.15) is 0 Å². The number of rotatable bonds is 5. The molecule has 2 rings (SSSR count). The molecule has 4 nitrogen and oxygen atoms in total. The first kappa shape index (κ1) is 15.7. The number of aromatic carboxylic acids is 1. The second kappa shape index (κ2) is 6.87. The van der Waals surface area contributed by atoms with Crippen LogP contribution in [-0.4, -0.2) is 17.4 Å². The molecule has 0 spiro atoms. The standard InChI is InChI=1S/C15H10Br2O4/c16-12-5-11(7-18)14(13(17)6-12)21-8-9-1-3-10(4-2-9)15(19)20/h1-7H,8H2,(H,19,20). The van der Waals surface area contributed by atoms with Crippen molar-refractivity contribution in [1.29, 1.82) is 0 Å². The van der Waals surface area contributed by atoms with Crippen molar-refractivity contribution in [2.75, 3.05) is 0 Å². The van der Waals surface area contributed by atoms with E-state index < -0.39 is 5.97 Å². The first-order chi connectivity index (χ1) is 10.0. The molecule has 0 saturated carbocycles. The van der Waals surface area contributed by atoms with Crippen LogP contribution >= 0.6 is 31.9 Å². The highest BCUT2D eigenvalue weighted by Crippen LogP contribution is 2.32. The van der Waals surface area contributed by atoms with Crippen molar-refractivity contribution in [2.24, 2.45) is 0 Å². The lowest BCUT2D eigenvalue weighted by Crippen LogP contribution is -2.01.